The Balaban J connectivity index is 2.15. The smallest absolute Gasteiger partial charge is 0.127 e. The van der Waals surface area contributed by atoms with Gasteiger partial charge in [-0.1, -0.05) is 17.7 Å². The summed E-state index contributed by atoms with van der Waals surface area (Å²) in [5, 5.41) is 4.03. The molecule has 0 radical (unpaired) electrons. The molecule has 0 amide bonds. The molecule has 0 spiro atoms. The van der Waals surface area contributed by atoms with Gasteiger partial charge in [-0.2, -0.15) is 0 Å². The Kier molecular flexibility index (Phi) is 5.29. The van der Waals surface area contributed by atoms with E-state index in [0.717, 1.165) is 44.6 Å². The molecule has 0 bridgehead atoms. The van der Waals surface area contributed by atoms with Crippen molar-refractivity contribution in [3.8, 4) is 0 Å². The zero-order chi connectivity index (χ0) is 15.5. The number of hydrogen-bond donors (Lipinski definition) is 1. The predicted molar refractivity (Wildman–Crippen MR) is 85.4 cm³/mol. The summed E-state index contributed by atoms with van der Waals surface area (Å²) in [5.74, 6) is -0.205. The minimum atomic E-state index is -0.205. The average molecular weight is 314 g/mol. The van der Waals surface area contributed by atoms with Gasteiger partial charge in [0.2, 0.25) is 0 Å². The van der Waals surface area contributed by atoms with Crippen LogP contribution in [-0.4, -0.2) is 25.3 Å². The second-order valence-electron chi connectivity index (χ2n) is 7.13. The van der Waals surface area contributed by atoms with Crippen molar-refractivity contribution in [2.75, 3.05) is 19.8 Å². The molecule has 2 rings (SSSR count). The minimum absolute atomic E-state index is 0.0558. The summed E-state index contributed by atoms with van der Waals surface area (Å²) in [4.78, 5) is 0. The van der Waals surface area contributed by atoms with E-state index in [9.17, 15) is 4.39 Å². The molecule has 1 aliphatic heterocycles. The molecule has 21 heavy (non-hydrogen) atoms. The molecule has 0 atom stereocenters. The van der Waals surface area contributed by atoms with Crippen molar-refractivity contribution < 1.29 is 9.13 Å². The molecule has 0 aromatic heterocycles. The van der Waals surface area contributed by atoms with Crippen LogP contribution in [0.5, 0.6) is 0 Å². The quantitative estimate of drug-likeness (QED) is 0.899. The van der Waals surface area contributed by atoms with Gasteiger partial charge in [0.1, 0.15) is 5.82 Å². The van der Waals surface area contributed by atoms with E-state index >= 15 is 0 Å². The van der Waals surface area contributed by atoms with Crippen molar-refractivity contribution in [3.63, 3.8) is 0 Å². The van der Waals surface area contributed by atoms with Crippen molar-refractivity contribution in [3.05, 3.63) is 34.6 Å². The summed E-state index contributed by atoms with van der Waals surface area (Å²) in [6, 6.07) is 4.98. The lowest BCUT2D eigenvalue weighted by atomic mass is 9.74. The van der Waals surface area contributed by atoms with E-state index in [1.807, 2.05) is 6.07 Å². The largest absolute Gasteiger partial charge is 0.381 e. The van der Waals surface area contributed by atoms with E-state index in [1.165, 1.54) is 6.07 Å². The van der Waals surface area contributed by atoms with Gasteiger partial charge in [-0.3, -0.25) is 0 Å². The Labute approximate surface area is 132 Å². The van der Waals surface area contributed by atoms with Crippen LogP contribution in [0.15, 0.2) is 18.2 Å². The summed E-state index contributed by atoms with van der Waals surface area (Å²) in [6.07, 6.45) is 2.64. The molecule has 1 N–H and O–H groups in total. The fourth-order valence-electron chi connectivity index (χ4n) is 2.74. The Morgan fingerprint density at radius 3 is 2.52 bits per heavy atom. The van der Waals surface area contributed by atoms with Crippen LogP contribution in [0.2, 0.25) is 5.02 Å². The van der Waals surface area contributed by atoms with Crippen LogP contribution >= 0.6 is 11.6 Å². The number of halogens is 2. The molecule has 1 aliphatic rings. The first-order valence-electron chi connectivity index (χ1n) is 7.56. The van der Waals surface area contributed by atoms with Gasteiger partial charge in [-0.05, 0) is 63.1 Å². The fourth-order valence-corrected chi connectivity index (χ4v) is 2.90. The van der Waals surface area contributed by atoms with E-state index in [2.05, 4.69) is 26.1 Å². The lowest BCUT2D eigenvalue weighted by molar-refractivity contribution is 0.0117. The number of ether oxygens (including phenoxy) is 1. The predicted octanol–water partition coefficient (Wildman–Crippen LogP) is 4.21. The van der Waals surface area contributed by atoms with Crippen molar-refractivity contribution >= 4 is 11.6 Å². The van der Waals surface area contributed by atoms with Gasteiger partial charge in [0.05, 0.1) is 0 Å². The van der Waals surface area contributed by atoms with Crippen LogP contribution in [0, 0.1) is 11.2 Å². The fraction of sp³-hybridized carbons (Fsp3) is 0.647. The topological polar surface area (TPSA) is 21.3 Å². The summed E-state index contributed by atoms with van der Waals surface area (Å²) < 4.78 is 19.6. The van der Waals surface area contributed by atoms with Crippen LogP contribution in [0.4, 0.5) is 4.39 Å². The van der Waals surface area contributed by atoms with Crippen molar-refractivity contribution in [2.45, 2.75) is 45.6 Å². The molecule has 1 aromatic rings. The molecule has 0 unspecified atom stereocenters. The number of benzene rings is 1. The van der Waals surface area contributed by atoms with Gasteiger partial charge >= 0.3 is 0 Å². The maximum absolute atomic E-state index is 14.1. The molecule has 4 heteroatoms. The van der Waals surface area contributed by atoms with Gasteiger partial charge in [-0.25, -0.2) is 4.39 Å². The first-order chi connectivity index (χ1) is 9.80. The average Bonchev–Trinajstić information content (AvgIpc) is 2.41. The first-order valence-corrected chi connectivity index (χ1v) is 7.94. The molecule has 1 saturated heterocycles. The lowest BCUT2D eigenvalue weighted by Crippen LogP contribution is -2.47. The standard InChI is InChI=1S/C17H25ClFNO/c1-16(2,3)20-12-17(6-8-21-9-7-17)11-13-4-5-14(18)10-15(13)19/h4-5,10,20H,6-9,11-12H2,1-3H3. The van der Waals surface area contributed by atoms with E-state index in [1.54, 1.807) is 6.07 Å². The van der Waals surface area contributed by atoms with Gasteiger partial charge in [0, 0.05) is 30.3 Å². The zero-order valence-electron chi connectivity index (χ0n) is 13.1. The van der Waals surface area contributed by atoms with E-state index < -0.39 is 0 Å². The maximum Gasteiger partial charge on any atom is 0.127 e. The highest BCUT2D eigenvalue weighted by atomic mass is 35.5. The van der Waals surface area contributed by atoms with E-state index in [-0.39, 0.29) is 16.8 Å². The zero-order valence-corrected chi connectivity index (χ0v) is 13.9. The first kappa shape index (κ1) is 16.7. The second-order valence-corrected chi connectivity index (χ2v) is 7.56. The van der Waals surface area contributed by atoms with E-state index in [4.69, 9.17) is 16.3 Å². The Morgan fingerprint density at radius 2 is 1.95 bits per heavy atom. The molecular weight excluding hydrogens is 289 g/mol. The minimum Gasteiger partial charge on any atom is -0.381 e. The van der Waals surface area contributed by atoms with Crippen LogP contribution in [-0.2, 0) is 11.2 Å². The third-order valence-electron chi connectivity index (χ3n) is 4.13. The third-order valence-corrected chi connectivity index (χ3v) is 4.36. The SMILES string of the molecule is CC(C)(C)NCC1(Cc2ccc(Cl)cc2F)CCOCC1. The van der Waals surface area contributed by atoms with Crippen LogP contribution in [0.3, 0.4) is 0 Å². The highest BCUT2D eigenvalue weighted by Crippen LogP contribution is 2.35. The molecule has 1 fully saturated rings. The third kappa shape index (κ3) is 4.94. The van der Waals surface area contributed by atoms with Gasteiger partial charge in [-0.15, -0.1) is 0 Å². The molecular formula is C17H25ClFNO. The van der Waals surface area contributed by atoms with Crippen LogP contribution < -0.4 is 5.32 Å². The van der Waals surface area contributed by atoms with E-state index in [0.29, 0.717) is 5.02 Å². The Bertz CT molecular complexity index is 478. The highest BCUT2D eigenvalue weighted by molar-refractivity contribution is 6.30. The molecule has 118 valence electrons. The Morgan fingerprint density at radius 1 is 1.29 bits per heavy atom. The monoisotopic (exact) mass is 313 g/mol. The second kappa shape index (κ2) is 6.64. The Hall–Kier alpha value is -0.640. The van der Waals surface area contributed by atoms with Gasteiger partial charge in [0.15, 0.2) is 0 Å². The molecule has 1 heterocycles. The maximum atomic E-state index is 14.1. The number of rotatable bonds is 4. The van der Waals surface area contributed by atoms with Crippen molar-refractivity contribution in [1.82, 2.24) is 5.32 Å². The lowest BCUT2D eigenvalue weighted by Gasteiger charge is -2.40. The normalized spacial score (nSPS) is 18.7. The van der Waals surface area contributed by atoms with Gasteiger partial charge in [0.25, 0.3) is 0 Å². The molecule has 2 nitrogen and oxygen atoms in total. The molecule has 0 saturated carbocycles. The summed E-state index contributed by atoms with van der Waals surface area (Å²) in [6.45, 7) is 8.85. The summed E-state index contributed by atoms with van der Waals surface area (Å²) in [5.41, 5.74) is 0.862. The van der Waals surface area contributed by atoms with Crippen LogP contribution in [0.25, 0.3) is 0 Å². The summed E-state index contributed by atoms with van der Waals surface area (Å²) in [7, 11) is 0. The van der Waals surface area contributed by atoms with Crippen molar-refractivity contribution in [2.24, 2.45) is 5.41 Å². The van der Waals surface area contributed by atoms with Crippen molar-refractivity contribution in [1.29, 1.82) is 0 Å². The molecule has 0 aliphatic carbocycles. The van der Waals surface area contributed by atoms with Crippen LogP contribution in [0.1, 0.15) is 39.2 Å². The highest BCUT2D eigenvalue weighted by Gasteiger charge is 2.34. The molecule has 1 aromatic carbocycles. The summed E-state index contributed by atoms with van der Waals surface area (Å²) >= 11 is 5.84. The number of hydrogen-bond acceptors (Lipinski definition) is 2. The number of nitrogens with one attached hydrogen (secondary N) is 1. The van der Waals surface area contributed by atoms with Gasteiger partial charge < -0.3 is 10.1 Å².